The Morgan fingerprint density at radius 3 is 2.39 bits per heavy atom. The number of aryl methyl sites for hydroxylation is 1. The van der Waals surface area contributed by atoms with Crippen LogP contribution in [0, 0.1) is 24.1 Å². The Labute approximate surface area is 166 Å². The lowest BCUT2D eigenvalue weighted by atomic mass is 10.1. The molecule has 0 bridgehead atoms. The van der Waals surface area contributed by atoms with Gasteiger partial charge in [-0.1, -0.05) is 12.1 Å². The summed E-state index contributed by atoms with van der Waals surface area (Å²) in [7, 11) is 1.65. The highest BCUT2D eigenvalue weighted by Gasteiger charge is 2.15. The van der Waals surface area contributed by atoms with Crippen LogP contribution in [0.1, 0.15) is 43.0 Å². The number of hydrogen-bond acceptors (Lipinski definition) is 3. The van der Waals surface area contributed by atoms with Crippen molar-refractivity contribution >= 4 is 5.96 Å². The number of ether oxygens (including phenoxy) is 1. The van der Waals surface area contributed by atoms with Crippen LogP contribution < -0.4 is 15.4 Å². The largest absolute Gasteiger partial charge is 0.488 e. The third kappa shape index (κ3) is 6.27. The molecule has 28 heavy (non-hydrogen) atoms. The Hall–Kier alpha value is -3.07. The molecule has 2 N–H and O–H groups in total. The number of hydrogen-bond donors (Lipinski definition) is 2. The number of benzene rings is 2. The number of nitriles is 1. The minimum Gasteiger partial charge on any atom is -0.488 e. The first-order valence-electron chi connectivity index (χ1n) is 9.13. The number of nitrogens with zero attached hydrogens (tertiary/aromatic N) is 2. The summed E-state index contributed by atoms with van der Waals surface area (Å²) < 4.78 is 20.0. The molecule has 0 aliphatic carbocycles. The fourth-order valence-corrected chi connectivity index (χ4v) is 2.59. The average Bonchev–Trinajstić information content (AvgIpc) is 2.63. The maximum absolute atomic E-state index is 13.9. The minimum absolute atomic E-state index is 0.222. The van der Waals surface area contributed by atoms with Gasteiger partial charge in [0.25, 0.3) is 0 Å². The molecule has 148 valence electrons. The molecule has 0 atom stereocenters. The van der Waals surface area contributed by atoms with E-state index in [0.717, 1.165) is 16.9 Å². The number of halogens is 1. The summed E-state index contributed by atoms with van der Waals surface area (Å²) in [5.74, 6) is 0.994. The number of rotatable bonds is 5. The summed E-state index contributed by atoms with van der Waals surface area (Å²) in [6.07, 6.45) is 0. The normalized spacial score (nSPS) is 11.7. The molecule has 5 nitrogen and oxygen atoms in total. The van der Waals surface area contributed by atoms with Gasteiger partial charge in [0.15, 0.2) is 5.96 Å². The minimum atomic E-state index is -0.360. The van der Waals surface area contributed by atoms with Gasteiger partial charge in [0, 0.05) is 31.3 Å². The fourth-order valence-electron chi connectivity index (χ4n) is 2.59. The Kier molecular flexibility index (Phi) is 7.00. The van der Waals surface area contributed by atoms with Crippen LogP contribution in [0.5, 0.6) is 5.75 Å². The van der Waals surface area contributed by atoms with Gasteiger partial charge in [-0.2, -0.15) is 5.26 Å². The third-order valence-corrected chi connectivity index (χ3v) is 3.93. The van der Waals surface area contributed by atoms with E-state index in [1.807, 2.05) is 52.0 Å². The third-order valence-electron chi connectivity index (χ3n) is 3.93. The van der Waals surface area contributed by atoms with E-state index in [4.69, 9.17) is 10.00 Å². The standard InChI is InChI=1S/C22H27FN4O/c1-15-6-8-17(20(10-15)28-22(2,3)4)13-26-21(25-5)27-14-18-11-16(12-24)7-9-19(18)23/h6-11H,13-14H2,1-5H3,(H2,25,26,27). The second-order valence-electron chi connectivity index (χ2n) is 7.52. The van der Waals surface area contributed by atoms with Crippen LogP contribution in [0.15, 0.2) is 41.4 Å². The van der Waals surface area contributed by atoms with Crippen molar-refractivity contribution in [2.75, 3.05) is 7.05 Å². The molecule has 2 rings (SSSR count). The van der Waals surface area contributed by atoms with Crippen molar-refractivity contribution in [3.63, 3.8) is 0 Å². The molecule has 0 fully saturated rings. The van der Waals surface area contributed by atoms with Crippen LogP contribution in [-0.4, -0.2) is 18.6 Å². The van der Waals surface area contributed by atoms with E-state index in [0.29, 0.717) is 23.6 Å². The maximum Gasteiger partial charge on any atom is 0.191 e. The summed E-state index contributed by atoms with van der Waals surface area (Å²) >= 11 is 0. The van der Waals surface area contributed by atoms with Crippen molar-refractivity contribution in [1.29, 1.82) is 5.26 Å². The zero-order valence-corrected chi connectivity index (χ0v) is 17.1. The van der Waals surface area contributed by atoms with Crippen LogP contribution >= 0.6 is 0 Å². The van der Waals surface area contributed by atoms with Crippen molar-refractivity contribution in [1.82, 2.24) is 10.6 Å². The van der Waals surface area contributed by atoms with E-state index in [9.17, 15) is 4.39 Å². The molecule has 2 aromatic carbocycles. The summed E-state index contributed by atoms with van der Waals surface area (Å²) in [6.45, 7) is 8.79. The summed E-state index contributed by atoms with van der Waals surface area (Å²) in [6, 6.07) is 12.4. The van der Waals surface area contributed by atoms with Gasteiger partial charge in [-0.3, -0.25) is 4.99 Å². The molecule has 0 aliphatic heterocycles. The molecule has 0 aromatic heterocycles. The lowest BCUT2D eigenvalue weighted by Crippen LogP contribution is -2.36. The maximum atomic E-state index is 13.9. The van der Waals surface area contributed by atoms with Gasteiger partial charge in [0.05, 0.1) is 11.6 Å². The summed E-state index contributed by atoms with van der Waals surface area (Å²) in [4.78, 5) is 4.18. The smallest absolute Gasteiger partial charge is 0.191 e. The molecular formula is C22H27FN4O. The van der Waals surface area contributed by atoms with Gasteiger partial charge in [-0.15, -0.1) is 0 Å². The van der Waals surface area contributed by atoms with Crippen molar-refractivity contribution in [3.8, 4) is 11.8 Å². The van der Waals surface area contributed by atoms with Crippen molar-refractivity contribution in [3.05, 3.63) is 64.5 Å². The lowest BCUT2D eigenvalue weighted by molar-refractivity contribution is 0.129. The molecular weight excluding hydrogens is 355 g/mol. The van der Waals surface area contributed by atoms with Crippen LogP contribution in [0.25, 0.3) is 0 Å². The zero-order valence-electron chi connectivity index (χ0n) is 17.1. The van der Waals surface area contributed by atoms with Crippen LogP contribution in [0.2, 0.25) is 0 Å². The number of nitrogens with one attached hydrogen (secondary N) is 2. The second-order valence-corrected chi connectivity index (χ2v) is 7.52. The number of guanidine groups is 1. The van der Waals surface area contributed by atoms with E-state index >= 15 is 0 Å². The van der Waals surface area contributed by atoms with E-state index < -0.39 is 0 Å². The first-order valence-corrected chi connectivity index (χ1v) is 9.13. The predicted molar refractivity (Wildman–Crippen MR) is 110 cm³/mol. The van der Waals surface area contributed by atoms with Crippen LogP contribution in [-0.2, 0) is 13.1 Å². The number of aliphatic imine (C=N–C) groups is 1. The van der Waals surface area contributed by atoms with Gasteiger partial charge >= 0.3 is 0 Å². The topological polar surface area (TPSA) is 69.4 Å². The molecule has 0 amide bonds. The molecule has 0 saturated heterocycles. The van der Waals surface area contributed by atoms with Gasteiger partial charge < -0.3 is 15.4 Å². The molecule has 0 unspecified atom stereocenters. The molecule has 0 saturated carbocycles. The monoisotopic (exact) mass is 382 g/mol. The van der Waals surface area contributed by atoms with Crippen LogP contribution in [0.4, 0.5) is 4.39 Å². The highest BCUT2D eigenvalue weighted by atomic mass is 19.1. The van der Waals surface area contributed by atoms with Gasteiger partial charge in [0.2, 0.25) is 0 Å². The fraction of sp³-hybridized carbons (Fsp3) is 0.364. The molecule has 6 heteroatoms. The summed E-state index contributed by atoms with van der Waals surface area (Å²) in [5, 5.41) is 15.3. The molecule has 0 heterocycles. The SMILES string of the molecule is CN=C(NCc1cc(C#N)ccc1F)NCc1ccc(C)cc1OC(C)(C)C. The molecule has 0 aliphatic rings. The Bertz CT molecular complexity index is 894. The Morgan fingerprint density at radius 1 is 1.11 bits per heavy atom. The molecule has 0 radical (unpaired) electrons. The van der Waals surface area contributed by atoms with E-state index in [-0.39, 0.29) is 18.0 Å². The highest BCUT2D eigenvalue weighted by Crippen LogP contribution is 2.24. The second kappa shape index (κ2) is 9.23. The molecule has 0 spiro atoms. The van der Waals surface area contributed by atoms with E-state index in [1.165, 1.54) is 18.2 Å². The summed E-state index contributed by atoms with van der Waals surface area (Å²) in [5.41, 5.74) is 2.66. The van der Waals surface area contributed by atoms with Crippen molar-refractivity contribution < 1.29 is 9.13 Å². The van der Waals surface area contributed by atoms with Gasteiger partial charge in [-0.25, -0.2) is 4.39 Å². The predicted octanol–water partition coefficient (Wildman–Crippen LogP) is 4.05. The highest BCUT2D eigenvalue weighted by molar-refractivity contribution is 5.79. The zero-order chi connectivity index (χ0) is 20.7. The average molecular weight is 382 g/mol. The molecule has 2 aromatic rings. The van der Waals surface area contributed by atoms with Crippen molar-refractivity contribution in [2.24, 2.45) is 4.99 Å². The van der Waals surface area contributed by atoms with Gasteiger partial charge in [0.1, 0.15) is 17.2 Å². The first kappa shape index (κ1) is 21.2. The quantitative estimate of drug-likeness (QED) is 0.605. The Balaban J connectivity index is 2.04. The van der Waals surface area contributed by atoms with E-state index in [2.05, 4.69) is 15.6 Å². The van der Waals surface area contributed by atoms with Crippen LogP contribution in [0.3, 0.4) is 0 Å². The Morgan fingerprint density at radius 2 is 1.79 bits per heavy atom. The van der Waals surface area contributed by atoms with Gasteiger partial charge in [-0.05, 0) is 57.5 Å². The lowest BCUT2D eigenvalue weighted by Gasteiger charge is -2.24. The first-order chi connectivity index (χ1) is 13.2. The van der Waals surface area contributed by atoms with E-state index in [1.54, 1.807) is 7.05 Å². The van der Waals surface area contributed by atoms with Crippen molar-refractivity contribution in [2.45, 2.75) is 46.4 Å².